The van der Waals surface area contributed by atoms with Gasteiger partial charge in [-0.3, -0.25) is 4.79 Å². The number of aliphatic hydroxyl groups excluding tert-OH is 8. The average molecular weight is 1040 g/mol. The lowest BCUT2D eigenvalue weighted by Gasteiger charge is -2.46. The zero-order valence-electron chi connectivity index (χ0n) is 46.4. The van der Waals surface area contributed by atoms with Crippen molar-refractivity contribution in [2.75, 3.05) is 19.8 Å². The zero-order chi connectivity index (χ0) is 53.2. The second kappa shape index (κ2) is 45.7. The maximum absolute atomic E-state index is 13.2. The van der Waals surface area contributed by atoms with Gasteiger partial charge in [-0.05, 0) is 19.3 Å². The van der Waals surface area contributed by atoms with E-state index in [1.807, 2.05) is 6.08 Å². The molecule has 1 amide bonds. The highest BCUT2D eigenvalue weighted by atomic mass is 16.7. The van der Waals surface area contributed by atoms with Crippen LogP contribution in [0.1, 0.15) is 264 Å². The van der Waals surface area contributed by atoms with E-state index < -0.39 is 86.8 Å². The maximum atomic E-state index is 13.2. The van der Waals surface area contributed by atoms with Gasteiger partial charge < -0.3 is 65.1 Å². The van der Waals surface area contributed by atoms with Crippen LogP contribution in [0.4, 0.5) is 0 Å². The van der Waals surface area contributed by atoms with Crippen molar-refractivity contribution in [1.82, 2.24) is 5.32 Å². The van der Waals surface area contributed by atoms with E-state index in [9.17, 15) is 45.6 Å². The van der Waals surface area contributed by atoms with Crippen molar-refractivity contribution in [3.63, 3.8) is 0 Å². The van der Waals surface area contributed by atoms with Gasteiger partial charge in [-0.25, -0.2) is 0 Å². The van der Waals surface area contributed by atoms with Crippen LogP contribution in [0.25, 0.3) is 0 Å². The topological polar surface area (TPSA) is 228 Å². The van der Waals surface area contributed by atoms with E-state index in [1.54, 1.807) is 6.08 Å². The highest BCUT2D eigenvalue weighted by Gasteiger charge is 2.51. The summed E-state index contributed by atoms with van der Waals surface area (Å²) in [4.78, 5) is 13.2. The summed E-state index contributed by atoms with van der Waals surface area (Å²) in [5, 5.41) is 86.9. The van der Waals surface area contributed by atoms with Gasteiger partial charge in [-0.2, -0.15) is 0 Å². The van der Waals surface area contributed by atoms with Crippen LogP contribution in [0, 0.1) is 0 Å². The van der Waals surface area contributed by atoms with Crippen LogP contribution in [0.2, 0.25) is 0 Å². The van der Waals surface area contributed by atoms with Crippen LogP contribution in [-0.4, -0.2) is 140 Å². The molecule has 0 aromatic heterocycles. The normalized spacial score (nSPS) is 25.4. The Hall–Kier alpha value is -1.27. The number of nitrogens with one attached hydrogen (secondary N) is 1. The van der Waals surface area contributed by atoms with E-state index >= 15 is 0 Å². The first-order valence-corrected chi connectivity index (χ1v) is 30.4. The summed E-state index contributed by atoms with van der Waals surface area (Å²) in [5.74, 6) is -0.238. The molecule has 12 unspecified atom stereocenters. The maximum Gasteiger partial charge on any atom is 0.220 e. The van der Waals surface area contributed by atoms with Gasteiger partial charge in [0.25, 0.3) is 0 Å². The Morgan fingerprint density at radius 1 is 0.479 bits per heavy atom. The average Bonchev–Trinajstić information content (AvgIpc) is 3.39. The summed E-state index contributed by atoms with van der Waals surface area (Å²) in [6, 6.07) is -0.908. The van der Waals surface area contributed by atoms with Gasteiger partial charge in [-0.15, -0.1) is 0 Å². The lowest BCUT2D eigenvalue weighted by Crippen LogP contribution is -2.65. The fraction of sp³-hybridized carbons (Fsp3) is 0.949. The molecule has 2 saturated heterocycles. The molecule has 0 bridgehead atoms. The summed E-state index contributed by atoms with van der Waals surface area (Å²) in [5.41, 5.74) is 0. The van der Waals surface area contributed by atoms with Crippen molar-refractivity contribution >= 4 is 5.91 Å². The number of unbranched alkanes of at least 4 members (excludes halogenated alkanes) is 36. The summed E-state index contributed by atoms with van der Waals surface area (Å²) in [6.07, 6.45) is 35.7. The fourth-order valence-electron chi connectivity index (χ4n) is 10.3. The molecule has 2 aliphatic rings. The molecular weight excluding hydrogens is 931 g/mol. The molecule has 432 valence electrons. The van der Waals surface area contributed by atoms with E-state index in [0.717, 1.165) is 38.5 Å². The lowest BCUT2D eigenvalue weighted by atomic mass is 9.97. The monoisotopic (exact) mass is 1040 g/mol. The van der Waals surface area contributed by atoms with E-state index in [1.165, 1.54) is 199 Å². The largest absolute Gasteiger partial charge is 0.394 e. The minimum atomic E-state index is -1.78. The smallest absolute Gasteiger partial charge is 0.220 e. The zero-order valence-corrected chi connectivity index (χ0v) is 46.4. The Bertz CT molecular complexity index is 1280. The predicted octanol–water partition coefficient (Wildman–Crippen LogP) is 10.3. The van der Waals surface area contributed by atoms with E-state index in [4.69, 9.17) is 18.9 Å². The summed E-state index contributed by atoms with van der Waals surface area (Å²) >= 11 is 0. The Morgan fingerprint density at radius 3 is 1.26 bits per heavy atom. The standard InChI is InChI=1S/C59H113NO13/c1-3-5-7-9-11-13-15-16-17-18-19-20-21-22-23-24-25-26-27-28-29-30-31-32-33-34-36-38-40-42-48(63)47(60-51(64)43-41-39-37-35-14-12-10-8-6-4-2)46-70-58-56(69)54(67)57(50(45-62)72-58)73-59-55(68)53(66)52(65)49(44-61)71-59/h40,42,47-50,52-59,61-63,65-69H,3-39,41,43-46H2,1-2H3,(H,60,64)/b42-40+. The molecule has 2 aliphatic heterocycles. The van der Waals surface area contributed by atoms with Crippen molar-refractivity contribution in [3.05, 3.63) is 12.2 Å². The van der Waals surface area contributed by atoms with Gasteiger partial charge in [0, 0.05) is 6.42 Å². The third-order valence-electron chi connectivity index (χ3n) is 15.2. The molecule has 2 heterocycles. The van der Waals surface area contributed by atoms with Gasteiger partial charge in [0.2, 0.25) is 5.91 Å². The number of hydrogen-bond acceptors (Lipinski definition) is 13. The first kappa shape index (κ1) is 67.8. The van der Waals surface area contributed by atoms with Crippen molar-refractivity contribution in [2.45, 2.75) is 338 Å². The van der Waals surface area contributed by atoms with Gasteiger partial charge in [0.05, 0.1) is 32.0 Å². The van der Waals surface area contributed by atoms with E-state index in [-0.39, 0.29) is 18.9 Å². The molecule has 0 spiro atoms. The second-order valence-corrected chi connectivity index (χ2v) is 21.8. The molecular formula is C59H113NO13. The van der Waals surface area contributed by atoms with E-state index in [2.05, 4.69) is 19.2 Å². The molecule has 14 nitrogen and oxygen atoms in total. The highest BCUT2D eigenvalue weighted by Crippen LogP contribution is 2.30. The Balaban J connectivity index is 1.67. The number of aliphatic hydroxyl groups is 8. The highest BCUT2D eigenvalue weighted by molar-refractivity contribution is 5.76. The number of allylic oxidation sites excluding steroid dienone is 1. The Kier molecular flexibility index (Phi) is 42.5. The number of carbonyl (C=O) groups is 1. The molecule has 2 rings (SSSR count). The van der Waals surface area contributed by atoms with Gasteiger partial charge in [-0.1, -0.05) is 251 Å². The molecule has 12 atom stereocenters. The quantitative estimate of drug-likeness (QED) is 0.0204. The van der Waals surface area contributed by atoms with Crippen molar-refractivity contribution in [3.8, 4) is 0 Å². The molecule has 0 saturated carbocycles. The van der Waals surface area contributed by atoms with Crippen LogP contribution in [0.5, 0.6) is 0 Å². The van der Waals surface area contributed by atoms with Crippen LogP contribution < -0.4 is 5.32 Å². The van der Waals surface area contributed by atoms with Crippen molar-refractivity contribution < 1.29 is 64.6 Å². The fourth-order valence-corrected chi connectivity index (χ4v) is 10.3. The minimum absolute atomic E-state index is 0.238. The molecule has 0 aromatic carbocycles. The molecule has 0 radical (unpaired) electrons. The SMILES string of the molecule is CCCCCCCCCCCCCCCCCCCCCCCCCCCCC/C=C/C(O)C(COC1OC(CO)C(OC2OC(CO)C(O)C(O)C2O)C(O)C1O)NC(=O)CCCCCCCCCCCC. The minimum Gasteiger partial charge on any atom is -0.394 e. The number of amides is 1. The van der Waals surface area contributed by atoms with Crippen LogP contribution >= 0.6 is 0 Å². The van der Waals surface area contributed by atoms with Crippen LogP contribution in [0.15, 0.2) is 12.2 Å². The first-order valence-electron chi connectivity index (χ1n) is 30.4. The van der Waals surface area contributed by atoms with Crippen LogP contribution in [-0.2, 0) is 23.7 Å². The molecule has 14 heteroatoms. The lowest BCUT2D eigenvalue weighted by molar-refractivity contribution is -0.359. The van der Waals surface area contributed by atoms with Crippen LogP contribution in [0.3, 0.4) is 0 Å². The van der Waals surface area contributed by atoms with Crippen molar-refractivity contribution in [1.29, 1.82) is 0 Å². The molecule has 2 fully saturated rings. The number of hydrogen-bond donors (Lipinski definition) is 9. The summed E-state index contributed by atoms with van der Waals surface area (Å²) in [6.45, 7) is 2.80. The molecule has 0 aromatic rings. The number of carbonyl (C=O) groups excluding carboxylic acids is 1. The van der Waals surface area contributed by atoms with E-state index in [0.29, 0.717) is 6.42 Å². The number of rotatable bonds is 49. The van der Waals surface area contributed by atoms with Gasteiger partial charge in [0.15, 0.2) is 12.6 Å². The molecule has 73 heavy (non-hydrogen) atoms. The predicted molar refractivity (Wildman–Crippen MR) is 291 cm³/mol. The van der Waals surface area contributed by atoms with Gasteiger partial charge in [0.1, 0.15) is 48.8 Å². The van der Waals surface area contributed by atoms with Crippen molar-refractivity contribution in [2.24, 2.45) is 0 Å². The molecule has 9 N–H and O–H groups in total. The summed E-state index contributed by atoms with van der Waals surface area (Å²) < 4.78 is 22.7. The Morgan fingerprint density at radius 2 is 0.849 bits per heavy atom. The Labute approximate surface area is 444 Å². The van der Waals surface area contributed by atoms with Gasteiger partial charge >= 0.3 is 0 Å². The summed E-state index contributed by atoms with van der Waals surface area (Å²) in [7, 11) is 0. The third kappa shape index (κ3) is 31.7. The first-order chi connectivity index (χ1) is 35.6. The number of ether oxygens (including phenoxy) is 4. The molecule has 0 aliphatic carbocycles. The third-order valence-corrected chi connectivity index (χ3v) is 15.2. The second-order valence-electron chi connectivity index (χ2n) is 21.8.